The van der Waals surface area contributed by atoms with Crippen LogP contribution >= 0.6 is 7.82 Å². The van der Waals surface area contributed by atoms with Gasteiger partial charge in [-0.1, -0.05) is 240 Å². The van der Waals surface area contributed by atoms with Crippen molar-refractivity contribution in [3.63, 3.8) is 0 Å². The molecule has 10 heteroatoms. The van der Waals surface area contributed by atoms with Crippen LogP contribution in [0.2, 0.25) is 0 Å². The highest BCUT2D eigenvalue weighted by atomic mass is 31.2. The third kappa shape index (κ3) is 57.4. The summed E-state index contributed by atoms with van der Waals surface area (Å²) >= 11 is 0. The minimum atomic E-state index is -4.71. The van der Waals surface area contributed by atoms with Crippen LogP contribution in [0, 0.1) is 0 Å². The largest absolute Gasteiger partial charge is 0.756 e. The summed E-state index contributed by atoms with van der Waals surface area (Å²) in [4.78, 5) is 40.0. The molecule has 0 aromatic heterocycles. The van der Waals surface area contributed by atoms with E-state index in [4.69, 9.17) is 13.8 Å². The van der Waals surface area contributed by atoms with E-state index in [9.17, 15) is 19.0 Å². The molecule has 0 aromatic rings. The van der Waals surface area contributed by atoms with Crippen molar-refractivity contribution in [3.8, 4) is 0 Å². The first-order valence-electron chi connectivity index (χ1n) is 31.5. The Kier molecular flexibility index (Phi) is 54.0. The zero-order valence-electron chi connectivity index (χ0n) is 50.6. The molecule has 77 heavy (non-hydrogen) atoms. The number of hydrogen-bond acceptors (Lipinski definition) is 7. The van der Waals surface area contributed by atoms with E-state index in [2.05, 4.69) is 111 Å². The van der Waals surface area contributed by atoms with E-state index in [0.29, 0.717) is 17.4 Å². The van der Waals surface area contributed by atoms with E-state index < -0.39 is 26.6 Å². The maximum Gasteiger partial charge on any atom is 0.306 e. The number of phosphoric acid groups is 1. The van der Waals surface area contributed by atoms with Gasteiger partial charge in [0, 0.05) is 12.8 Å². The van der Waals surface area contributed by atoms with Gasteiger partial charge < -0.3 is 28.5 Å². The molecule has 0 aliphatic rings. The Bertz CT molecular complexity index is 1640. The highest BCUT2D eigenvalue weighted by Gasteiger charge is 2.27. The molecule has 0 fully saturated rings. The molecule has 0 radical (unpaired) electrons. The molecule has 0 bridgehead atoms. The molecule has 3 unspecified atom stereocenters. The predicted octanol–water partition coefficient (Wildman–Crippen LogP) is 18.9. The average molecular weight is 1100 g/mol. The molecule has 3 atom stereocenters. The van der Waals surface area contributed by atoms with Gasteiger partial charge in [-0.25, -0.2) is 0 Å². The Morgan fingerprint density at radius 3 is 1.27 bits per heavy atom. The first-order chi connectivity index (χ1) is 37.4. The van der Waals surface area contributed by atoms with Crippen molar-refractivity contribution in [2.45, 2.75) is 277 Å². The van der Waals surface area contributed by atoms with Gasteiger partial charge in [0.25, 0.3) is 7.82 Å². The van der Waals surface area contributed by atoms with Gasteiger partial charge in [-0.2, -0.15) is 0 Å². The van der Waals surface area contributed by atoms with Crippen LogP contribution in [-0.2, 0) is 27.9 Å². The molecule has 0 aliphatic heterocycles. The van der Waals surface area contributed by atoms with Crippen LogP contribution in [0.5, 0.6) is 0 Å². The highest BCUT2D eigenvalue weighted by molar-refractivity contribution is 7.45. The fraction of sp³-hybridized carbons (Fsp3) is 0.731. The molecule has 0 aromatic carbocycles. The van der Waals surface area contributed by atoms with Gasteiger partial charge in [0.05, 0.1) is 33.8 Å². The lowest BCUT2D eigenvalue weighted by Gasteiger charge is -2.30. The second kappa shape index (κ2) is 56.2. The van der Waals surface area contributed by atoms with Gasteiger partial charge >= 0.3 is 5.97 Å². The summed E-state index contributed by atoms with van der Waals surface area (Å²) in [6, 6.07) is -0.909. The smallest absolute Gasteiger partial charge is 0.306 e. The van der Waals surface area contributed by atoms with Crippen LogP contribution in [0.4, 0.5) is 0 Å². The minimum absolute atomic E-state index is 0.0325. The summed E-state index contributed by atoms with van der Waals surface area (Å²) in [6.45, 7) is 6.69. The molecule has 0 rings (SSSR count). The second-order valence-corrected chi connectivity index (χ2v) is 23.6. The van der Waals surface area contributed by atoms with Crippen LogP contribution in [-0.4, -0.2) is 69.4 Å². The number of likely N-dealkylation sites (N-methyl/N-ethyl adjacent to an activating group) is 1. The van der Waals surface area contributed by atoms with Gasteiger partial charge in [0.15, 0.2) is 0 Å². The average Bonchev–Trinajstić information content (AvgIpc) is 3.39. The number of nitrogens with zero attached hydrogens (tertiary/aromatic N) is 1. The van der Waals surface area contributed by atoms with Crippen molar-refractivity contribution in [2.75, 3.05) is 40.9 Å². The zero-order valence-corrected chi connectivity index (χ0v) is 51.5. The number of nitrogens with one attached hydrogen (secondary N) is 1. The van der Waals surface area contributed by atoms with Gasteiger partial charge in [-0.05, 0) is 109 Å². The zero-order chi connectivity index (χ0) is 56.4. The van der Waals surface area contributed by atoms with Gasteiger partial charge in [0.1, 0.15) is 19.3 Å². The van der Waals surface area contributed by atoms with Gasteiger partial charge in [-0.15, -0.1) is 0 Å². The van der Waals surface area contributed by atoms with Crippen LogP contribution in [0.15, 0.2) is 97.2 Å². The van der Waals surface area contributed by atoms with Gasteiger partial charge in [0.2, 0.25) is 5.91 Å². The summed E-state index contributed by atoms with van der Waals surface area (Å²) in [7, 11) is 1.15. The number of rotatable bonds is 56. The fourth-order valence-corrected chi connectivity index (χ4v) is 9.36. The molecular weight excluding hydrogens is 976 g/mol. The molecule has 0 saturated carbocycles. The normalized spacial score (nSPS) is 14.3. The molecule has 9 nitrogen and oxygen atoms in total. The molecular formula is C67H119N2O7P. The predicted molar refractivity (Wildman–Crippen MR) is 330 cm³/mol. The van der Waals surface area contributed by atoms with Crippen LogP contribution in [0.1, 0.15) is 265 Å². The Hall–Kier alpha value is -3.07. The summed E-state index contributed by atoms with van der Waals surface area (Å²) in [5.74, 6) is -0.577. The number of esters is 1. The highest BCUT2D eigenvalue weighted by Crippen LogP contribution is 2.38. The summed E-state index contributed by atoms with van der Waals surface area (Å²) in [6.07, 6.45) is 75.1. The molecule has 1 amide bonds. The first kappa shape index (κ1) is 73.9. The number of ether oxygens (including phenoxy) is 1. The third-order valence-corrected chi connectivity index (χ3v) is 14.5. The van der Waals surface area contributed by atoms with Crippen molar-refractivity contribution in [1.82, 2.24) is 5.32 Å². The van der Waals surface area contributed by atoms with E-state index in [1.165, 1.54) is 109 Å². The Balaban J connectivity index is 5.31. The van der Waals surface area contributed by atoms with Crippen molar-refractivity contribution >= 4 is 19.7 Å². The van der Waals surface area contributed by atoms with Crippen LogP contribution in [0.3, 0.4) is 0 Å². The quantitative estimate of drug-likeness (QED) is 0.0212. The Labute approximate surface area is 475 Å². The number of allylic oxidation sites excluding steroid dienone is 15. The van der Waals surface area contributed by atoms with E-state index in [-0.39, 0.29) is 31.3 Å². The van der Waals surface area contributed by atoms with E-state index in [0.717, 1.165) is 116 Å². The number of quaternary nitrogens is 1. The molecule has 0 aliphatic carbocycles. The van der Waals surface area contributed by atoms with E-state index in [1.807, 2.05) is 33.3 Å². The molecule has 0 heterocycles. The van der Waals surface area contributed by atoms with Crippen molar-refractivity contribution in [1.29, 1.82) is 0 Å². The fourth-order valence-electron chi connectivity index (χ4n) is 8.64. The number of unbranched alkanes of at least 4 members (excludes halogenated alkanes) is 26. The minimum Gasteiger partial charge on any atom is -0.756 e. The maximum atomic E-state index is 13.5. The standard InChI is InChI=1S/C67H119N2O7P/c1-7-10-13-16-19-22-25-28-30-31-32-33-34-35-36-37-39-41-44-47-50-53-56-59-66(70)68-64(63-75-77(72,73)74-62-61-69(4,5)6)65(58-55-52-49-46-43-40-27-24-21-18-15-12-9-3)76-67(71)60-57-54-51-48-45-42-38-29-26-23-20-17-14-11-8-2/h10,13,19,22-23,26,28,30,32-33,35-36,39,41,55,58,64-65H,7-9,11-12,14-18,20-21,24-25,27,29,31,34,37-38,40,42-54,56-57,59-63H2,1-6H3,(H-,68,70,72,73)/b13-10-,22-19-,26-23-,30-28-,33-32-,36-35-,41-39-,58-55-. The maximum absolute atomic E-state index is 13.5. The molecule has 0 saturated heterocycles. The second-order valence-electron chi connectivity index (χ2n) is 22.2. The number of hydrogen-bond donors (Lipinski definition) is 1. The van der Waals surface area contributed by atoms with Crippen LogP contribution in [0.25, 0.3) is 0 Å². The lowest BCUT2D eigenvalue weighted by molar-refractivity contribution is -0.870. The lowest BCUT2D eigenvalue weighted by Crippen LogP contribution is -2.47. The lowest BCUT2D eigenvalue weighted by atomic mass is 10.0. The summed E-state index contributed by atoms with van der Waals surface area (Å²) in [5, 5.41) is 3.02. The van der Waals surface area contributed by atoms with Crippen LogP contribution < -0.4 is 10.2 Å². The number of phosphoric ester groups is 1. The molecule has 0 spiro atoms. The van der Waals surface area contributed by atoms with Crippen molar-refractivity contribution in [3.05, 3.63) is 97.2 Å². The number of carbonyl (C=O) groups excluding carboxylic acids is 2. The number of carbonyl (C=O) groups is 2. The molecule has 444 valence electrons. The van der Waals surface area contributed by atoms with E-state index in [1.54, 1.807) is 0 Å². The SMILES string of the molecule is CC/C=C\C/C=C\C/C=C\C/C=C\C/C=C\C/C=C\CCCCCCC(=O)NC(COP(=O)([O-])OCC[N+](C)(C)C)C(/C=C\CCCCCCCCCCCCC)OC(=O)CCCCCCCCC/C=C\CCCCCC. The molecule has 1 N–H and O–H groups in total. The topological polar surface area (TPSA) is 114 Å². The first-order valence-corrected chi connectivity index (χ1v) is 33.0. The summed E-state index contributed by atoms with van der Waals surface area (Å²) < 4.78 is 30.3. The number of amides is 1. The summed E-state index contributed by atoms with van der Waals surface area (Å²) in [5.41, 5.74) is 0. The van der Waals surface area contributed by atoms with Crippen molar-refractivity contribution < 1.29 is 37.3 Å². The monoisotopic (exact) mass is 1090 g/mol. The van der Waals surface area contributed by atoms with E-state index >= 15 is 0 Å². The Morgan fingerprint density at radius 1 is 0.468 bits per heavy atom. The van der Waals surface area contributed by atoms with Gasteiger partial charge in [-0.3, -0.25) is 14.2 Å². The Morgan fingerprint density at radius 2 is 0.831 bits per heavy atom. The van der Waals surface area contributed by atoms with Crippen molar-refractivity contribution in [2.24, 2.45) is 0 Å². The third-order valence-electron chi connectivity index (χ3n) is 13.5.